The first-order chi connectivity index (χ1) is 12.6. The number of rotatable bonds is 5. The Hall–Kier alpha value is -1.52. The summed E-state index contributed by atoms with van der Waals surface area (Å²) in [5.41, 5.74) is 1.25. The van der Waals surface area contributed by atoms with Gasteiger partial charge >= 0.3 is 0 Å². The number of likely N-dealkylation sites (tertiary alicyclic amines) is 1. The third-order valence-corrected chi connectivity index (χ3v) is 6.46. The molecule has 0 bridgehead atoms. The van der Waals surface area contributed by atoms with Gasteiger partial charge < -0.3 is 19.5 Å². The highest BCUT2D eigenvalue weighted by atomic mass is 16.5. The molecule has 2 aliphatic carbocycles. The lowest BCUT2D eigenvalue weighted by molar-refractivity contribution is 0.137. The molecule has 0 aromatic heterocycles. The minimum absolute atomic E-state index is 0.0352. The zero-order chi connectivity index (χ0) is 18.1. The third kappa shape index (κ3) is 3.14. The summed E-state index contributed by atoms with van der Waals surface area (Å²) in [6, 6.07) is 6.81. The topological polar surface area (TPSA) is 41.9 Å². The Morgan fingerprint density at radius 1 is 1.23 bits per heavy atom. The van der Waals surface area contributed by atoms with Gasteiger partial charge in [-0.15, -0.1) is 0 Å². The number of fused-ring (bicyclic) bond motifs is 1. The van der Waals surface area contributed by atoms with Gasteiger partial charge in [-0.1, -0.05) is 18.2 Å². The number of nitrogens with zero attached hydrogens (tertiary/aromatic N) is 1. The second-order valence-electron chi connectivity index (χ2n) is 8.07. The fourth-order valence-corrected chi connectivity index (χ4v) is 5.03. The average molecular weight is 357 g/mol. The van der Waals surface area contributed by atoms with Gasteiger partial charge in [0, 0.05) is 11.5 Å². The first kappa shape index (κ1) is 17.9. The molecule has 1 saturated heterocycles. The van der Waals surface area contributed by atoms with Gasteiger partial charge in [-0.3, -0.25) is 0 Å². The summed E-state index contributed by atoms with van der Waals surface area (Å²) in [4.78, 5) is 2.39. The van der Waals surface area contributed by atoms with E-state index in [1.807, 2.05) is 13.0 Å². The molecule has 26 heavy (non-hydrogen) atoms. The number of aliphatic hydroxyl groups is 1. The van der Waals surface area contributed by atoms with Gasteiger partial charge in [-0.2, -0.15) is 0 Å². The Kier molecular flexibility index (Phi) is 4.98. The van der Waals surface area contributed by atoms with Crippen LogP contribution in [0.2, 0.25) is 0 Å². The molecular formula is C22H31NO3. The van der Waals surface area contributed by atoms with E-state index in [2.05, 4.69) is 36.2 Å². The van der Waals surface area contributed by atoms with Gasteiger partial charge in [-0.05, 0) is 76.7 Å². The number of hydrogen-bond donors (Lipinski definition) is 1. The monoisotopic (exact) mass is 357 g/mol. The molecule has 142 valence electrons. The molecule has 0 radical (unpaired) electrons. The van der Waals surface area contributed by atoms with Crippen LogP contribution in [-0.2, 0) is 5.41 Å². The van der Waals surface area contributed by atoms with Crippen molar-refractivity contribution in [2.24, 2.45) is 0 Å². The number of hydrogen-bond acceptors (Lipinski definition) is 4. The minimum Gasteiger partial charge on any atom is -0.490 e. The lowest BCUT2D eigenvalue weighted by Crippen LogP contribution is -2.44. The molecule has 3 atom stereocenters. The smallest absolute Gasteiger partial charge is 0.161 e. The van der Waals surface area contributed by atoms with E-state index in [-0.39, 0.29) is 11.5 Å². The molecule has 1 aromatic carbocycles. The van der Waals surface area contributed by atoms with Crippen molar-refractivity contribution in [2.45, 2.75) is 69.1 Å². The first-order valence-electron chi connectivity index (χ1n) is 10.1. The fraction of sp³-hybridized carbons (Fsp3) is 0.636. The van der Waals surface area contributed by atoms with Gasteiger partial charge in [0.05, 0.1) is 18.8 Å². The van der Waals surface area contributed by atoms with Crippen LogP contribution >= 0.6 is 0 Å². The van der Waals surface area contributed by atoms with Crippen LogP contribution in [-0.4, -0.2) is 48.5 Å². The second-order valence-corrected chi connectivity index (χ2v) is 8.07. The van der Waals surface area contributed by atoms with Crippen molar-refractivity contribution in [3.8, 4) is 11.5 Å². The maximum Gasteiger partial charge on any atom is 0.161 e. The van der Waals surface area contributed by atoms with Crippen LogP contribution in [0.1, 0.15) is 51.0 Å². The molecule has 1 heterocycles. The van der Waals surface area contributed by atoms with Crippen molar-refractivity contribution in [3.63, 3.8) is 0 Å². The van der Waals surface area contributed by atoms with Crippen LogP contribution in [0, 0.1) is 0 Å². The number of benzene rings is 1. The summed E-state index contributed by atoms with van der Waals surface area (Å²) in [6.07, 6.45) is 10.8. The van der Waals surface area contributed by atoms with Gasteiger partial charge in [0.2, 0.25) is 0 Å². The highest BCUT2D eigenvalue weighted by Gasteiger charge is 2.48. The number of likely N-dealkylation sites (N-methyl/N-ethyl adjacent to an activating group) is 1. The van der Waals surface area contributed by atoms with Crippen molar-refractivity contribution in [1.29, 1.82) is 0 Å². The van der Waals surface area contributed by atoms with Gasteiger partial charge in [0.15, 0.2) is 11.5 Å². The summed E-state index contributed by atoms with van der Waals surface area (Å²) >= 11 is 0. The summed E-state index contributed by atoms with van der Waals surface area (Å²) in [7, 11) is 2.17. The van der Waals surface area contributed by atoms with E-state index in [0.717, 1.165) is 43.7 Å². The van der Waals surface area contributed by atoms with E-state index >= 15 is 0 Å². The Labute approximate surface area is 156 Å². The third-order valence-electron chi connectivity index (χ3n) is 6.46. The standard InChI is InChI=1S/C22H31NO3/c1-3-25-19-9-8-16(14-20(19)26-18-6-4-5-7-18)22-11-10-17(24)15-21(22)23(2)13-12-22/h8-11,14,17-18,21,24H,3-7,12-13,15H2,1-2H3/t17-,21-,22-/m0/s1. The molecule has 1 saturated carbocycles. The Morgan fingerprint density at radius 3 is 2.81 bits per heavy atom. The van der Waals surface area contributed by atoms with Gasteiger partial charge in [0.25, 0.3) is 0 Å². The fourth-order valence-electron chi connectivity index (χ4n) is 5.03. The van der Waals surface area contributed by atoms with Crippen LogP contribution in [0.15, 0.2) is 30.4 Å². The van der Waals surface area contributed by atoms with E-state index < -0.39 is 0 Å². The second kappa shape index (κ2) is 7.24. The van der Waals surface area contributed by atoms with Crippen LogP contribution in [0.3, 0.4) is 0 Å². The van der Waals surface area contributed by atoms with E-state index in [1.54, 1.807) is 0 Å². The Balaban J connectivity index is 1.70. The lowest BCUT2D eigenvalue weighted by atomic mass is 9.69. The predicted octanol–water partition coefficient (Wildman–Crippen LogP) is 3.67. The zero-order valence-electron chi connectivity index (χ0n) is 16.0. The number of aliphatic hydroxyl groups excluding tert-OH is 1. The lowest BCUT2D eigenvalue weighted by Gasteiger charge is -2.39. The Morgan fingerprint density at radius 2 is 2.04 bits per heavy atom. The quantitative estimate of drug-likeness (QED) is 0.817. The van der Waals surface area contributed by atoms with Crippen molar-refractivity contribution >= 4 is 0 Å². The average Bonchev–Trinajstić information content (AvgIpc) is 3.26. The van der Waals surface area contributed by atoms with Gasteiger partial charge in [0.1, 0.15) is 0 Å². The van der Waals surface area contributed by atoms with Gasteiger partial charge in [-0.25, -0.2) is 0 Å². The van der Waals surface area contributed by atoms with Crippen molar-refractivity contribution in [1.82, 2.24) is 4.90 Å². The number of ether oxygens (including phenoxy) is 2. The van der Waals surface area contributed by atoms with Crippen LogP contribution in [0.5, 0.6) is 11.5 Å². The molecule has 0 spiro atoms. The molecule has 4 nitrogen and oxygen atoms in total. The maximum absolute atomic E-state index is 10.1. The molecule has 2 fully saturated rings. The molecule has 0 unspecified atom stereocenters. The van der Waals surface area contributed by atoms with Crippen molar-refractivity contribution in [3.05, 3.63) is 35.9 Å². The molecule has 4 heteroatoms. The van der Waals surface area contributed by atoms with E-state index in [9.17, 15) is 5.11 Å². The largest absolute Gasteiger partial charge is 0.490 e. The summed E-state index contributed by atoms with van der Waals surface area (Å²) < 4.78 is 12.2. The minimum atomic E-state index is -0.342. The predicted molar refractivity (Wildman–Crippen MR) is 103 cm³/mol. The SMILES string of the molecule is CCOc1ccc([C@@]23C=C[C@H](O)C[C@@H]2N(C)CC3)cc1OC1CCCC1. The normalized spacial score (nSPS) is 32.0. The van der Waals surface area contributed by atoms with E-state index in [0.29, 0.717) is 18.8 Å². The first-order valence-corrected chi connectivity index (χ1v) is 10.1. The van der Waals surface area contributed by atoms with E-state index in [4.69, 9.17) is 9.47 Å². The van der Waals surface area contributed by atoms with Crippen molar-refractivity contribution in [2.75, 3.05) is 20.2 Å². The molecular weight excluding hydrogens is 326 g/mol. The maximum atomic E-state index is 10.1. The molecule has 1 aliphatic heterocycles. The molecule has 0 amide bonds. The molecule has 3 aliphatic rings. The molecule has 1 aromatic rings. The molecule has 4 rings (SSSR count). The van der Waals surface area contributed by atoms with Crippen LogP contribution in [0.4, 0.5) is 0 Å². The summed E-state index contributed by atoms with van der Waals surface area (Å²) in [5.74, 6) is 1.74. The highest BCUT2D eigenvalue weighted by molar-refractivity contribution is 5.49. The van der Waals surface area contributed by atoms with Crippen LogP contribution in [0.25, 0.3) is 0 Å². The van der Waals surface area contributed by atoms with Crippen molar-refractivity contribution < 1.29 is 14.6 Å². The van der Waals surface area contributed by atoms with Crippen LogP contribution < -0.4 is 9.47 Å². The highest BCUT2D eigenvalue weighted by Crippen LogP contribution is 2.47. The zero-order valence-corrected chi connectivity index (χ0v) is 16.0. The van der Waals surface area contributed by atoms with E-state index in [1.165, 1.54) is 18.4 Å². The summed E-state index contributed by atoms with van der Waals surface area (Å²) in [5, 5.41) is 10.1. The Bertz CT molecular complexity index is 667. The summed E-state index contributed by atoms with van der Waals surface area (Å²) in [6.45, 7) is 3.70. The molecule has 1 N–H and O–H groups in total.